The van der Waals surface area contributed by atoms with E-state index < -0.39 is 11.5 Å². The molecule has 1 aromatic heterocycles. The zero-order chi connectivity index (χ0) is 16.6. The lowest BCUT2D eigenvalue weighted by Crippen LogP contribution is -2.53. The lowest BCUT2D eigenvalue weighted by Gasteiger charge is -2.39. The van der Waals surface area contributed by atoms with Crippen molar-refractivity contribution < 1.29 is 18.7 Å². The maximum atomic E-state index is 12.7. The molecule has 2 aromatic rings. The highest BCUT2D eigenvalue weighted by molar-refractivity contribution is 6.07. The summed E-state index contributed by atoms with van der Waals surface area (Å²) in [6, 6.07) is 10.8. The van der Waals surface area contributed by atoms with Crippen LogP contribution in [0.2, 0.25) is 0 Å². The SMILES string of the molecule is COC(=O)c1ccc(CN2C(=O)C(C)(C)Nc3ccccc32)o1. The fourth-order valence-electron chi connectivity index (χ4n) is 2.64. The Labute approximate surface area is 134 Å². The number of carbonyl (C=O) groups is 2. The molecule has 0 fully saturated rings. The number of methoxy groups -OCH3 is 1. The minimum atomic E-state index is -0.716. The number of nitrogens with zero attached hydrogens (tertiary/aromatic N) is 1. The van der Waals surface area contributed by atoms with Crippen molar-refractivity contribution in [2.75, 3.05) is 17.3 Å². The highest BCUT2D eigenvalue weighted by atomic mass is 16.5. The quantitative estimate of drug-likeness (QED) is 0.882. The standard InChI is InChI=1S/C17H18N2O4/c1-17(2)16(21)19(13-7-5-4-6-12(13)18-17)10-11-8-9-14(23-11)15(20)22-3/h4-9,18H,10H2,1-3H3. The van der Waals surface area contributed by atoms with Crippen LogP contribution in [0.4, 0.5) is 11.4 Å². The summed E-state index contributed by atoms with van der Waals surface area (Å²) in [5.74, 6) is 0.0414. The molecule has 0 spiro atoms. The second kappa shape index (κ2) is 5.46. The first-order valence-corrected chi connectivity index (χ1v) is 7.28. The Hall–Kier alpha value is -2.76. The van der Waals surface area contributed by atoms with Gasteiger partial charge in [0.15, 0.2) is 0 Å². The molecule has 1 aromatic carbocycles. The average molecular weight is 314 g/mol. The fourth-order valence-corrected chi connectivity index (χ4v) is 2.64. The number of para-hydroxylation sites is 2. The van der Waals surface area contributed by atoms with Gasteiger partial charge >= 0.3 is 5.97 Å². The number of carbonyl (C=O) groups excluding carboxylic acids is 2. The van der Waals surface area contributed by atoms with Crippen molar-refractivity contribution in [3.8, 4) is 0 Å². The molecule has 120 valence electrons. The van der Waals surface area contributed by atoms with E-state index >= 15 is 0 Å². The number of amides is 1. The summed E-state index contributed by atoms with van der Waals surface area (Å²) >= 11 is 0. The summed E-state index contributed by atoms with van der Waals surface area (Å²) < 4.78 is 10.1. The second-order valence-corrected chi connectivity index (χ2v) is 5.92. The van der Waals surface area contributed by atoms with Gasteiger partial charge in [0.1, 0.15) is 11.3 Å². The fraction of sp³-hybridized carbons (Fsp3) is 0.294. The van der Waals surface area contributed by atoms with Crippen molar-refractivity contribution in [2.45, 2.75) is 25.9 Å². The van der Waals surface area contributed by atoms with Crippen LogP contribution in [0.25, 0.3) is 0 Å². The molecule has 0 atom stereocenters. The van der Waals surface area contributed by atoms with Gasteiger partial charge in [0.25, 0.3) is 5.91 Å². The topological polar surface area (TPSA) is 71.8 Å². The van der Waals surface area contributed by atoms with Crippen LogP contribution in [-0.2, 0) is 16.1 Å². The van der Waals surface area contributed by atoms with Gasteiger partial charge in [-0.2, -0.15) is 0 Å². The van der Waals surface area contributed by atoms with Gasteiger partial charge in [0.05, 0.1) is 25.0 Å². The second-order valence-electron chi connectivity index (χ2n) is 5.92. The largest absolute Gasteiger partial charge is 0.463 e. The Morgan fingerprint density at radius 2 is 2.00 bits per heavy atom. The van der Waals surface area contributed by atoms with Crippen LogP contribution in [0.5, 0.6) is 0 Å². The molecule has 0 aliphatic carbocycles. The predicted octanol–water partition coefficient (Wildman–Crippen LogP) is 2.80. The van der Waals surface area contributed by atoms with Crippen molar-refractivity contribution in [3.63, 3.8) is 0 Å². The lowest BCUT2D eigenvalue weighted by atomic mass is 9.98. The smallest absolute Gasteiger partial charge is 0.373 e. The Bertz CT molecular complexity index is 763. The molecule has 1 N–H and O–H groups in total. The van der Waals surface area contributed by atoms with Crippen LogP contribution in [-0.4, -0.2) is 24.5 Å². The van der Waals surface area contributed by atoms with Crippen LogP contribution in [0.1, 0.15) is 30.2 Å². The third-order valence-corrected chi connectivity index (χ3v) is 3.78. The monoisotopic (exact) mass is 314 g/mol. The molecule has 0 bridgehead atoms. The molecular formula is C17H18N2O4. The normalized spacial score (nSPS) is 15.8. The van der Waals surface area contributed by atoms with E-state index in [4.69, 9.17) is 4.42 Å². The highest BCUT2D eigenvalue weighted by Gasteiger charge is 2.38. The van der Waals surface area contributed by atoms with Crippen LogP contribution < -0.4 is 10.2 Å². The van der Waals surface area contributed by atoms with Gasteiger partial charge in [-0.15, -0.1) is 0 Å². The molecule has 6 nitrogen and oxygen atoms in total. The van der Waals surface area contributed by atoms with Gasteiger partial charge in [-0.1, -0.05) is 12.1 Å². The first-order valence-electron chi connectivity index (χ1n) is 7.28. The van der Waals surface area contributed by atoms with E-state index in [-0.39, 0.29) is 18.2 Å². The van der Waals surface area contributed by atoms with E-state index in [0.717, 1.165) is 11.4 Å². The molecule has 0 unspecified atom stereocenters. The van der Waals surface area contributed by atoms with Crippen LogP contribution in [0.3, 0.4) is 0 Å². The van der Waals surface area contributed by atoms with Gasteiger partial charge < -0.3 is 19.4 Å². The van der Waals surface area contributed by atoms with Gasteiger partial charge in [0.2, 0.25) is 5.76 Å². The number of furan rings is 1. The number of rotatable bonds is 3. The molecule has 0 radical (unpaired) electrons. The lowest BCUT2D eigenvalue weighted by molar-refractivity contribution is -0.122. The summed E-state index contributed by atoms with van der Waals surface area (Å²) in [5, 5.41) is 3.24. The predicted molar refractivity (Wildman–Crippen MR) is 85.4 cm³/mol. The number of nitrogens with one attached hydrogen (secondary N) is 1. The Morgan fingerprint density at radius 3 is 2.74 bits per heavy atom. The van der Waals surface area contributed by atoms with Crippen LogP contribution in [0, 0.1) is 0 Å². The zero-order valence-corrected chi connectivity index (χ0v) is 13.3. The molecule has 2 heterocycles. The Kier molecular flexibility index (Phi) is 3.60. The number of fused-ring (bicyclic) bond motifs is 1. The van der Waals surface area contributed by atoms with E-state index in [0.29, 0.717) is 5.76 Å². The first-order chi connectivity index (χ1) is 10.9. The number of ether oxygens (including phenoxy) is 1. The summed E-state index contributed by atoms with van der Waals surface area (Å²) in [6.07, 6.45) is 0. The van der Waals surface area contributed by atoms with Gasteiger partial charge in [-0.3, -0.25) is 4.79 Å². The minimum absolute atomic E-state index is 0.0628. The third kappa shape index (κ3) is 2.67. The maximum absolute atomic E-state index is 12.7. The summed E-state index contributed by atoms with van der Waals surface area (Å²) in [6.45, 7) is 3.92. The van der Waals surface area contributed by atoms with E-state index in [2.05, 4.69) is 10.1 Å². The van der Waals surface area contributed by atoms with E-state index in [1.54, 1.807) is 17.0 Å². The number of benzene rings is 1. The van der Waals surface area contributed by atoms with Crippen molar-refractivity contribution in [1.29, 1.82) is 0 Å². The molecule has 3 rings (SSSR count). The van der Waals surface area contributed by atoms with Crippen LogP contribution in [0.15, 0.2) is 40.8 Å². The first kappa shape index (κ1) is 15.1. The van der Waals surface area contributed by atoms with Crippen molar-refractivity contribution in [1.82, 2.24) is 0 Å². The molecule has 23 heavy (non-hydrogen) atoms. The molecule has 1 aliphatic heterocycles. The average Bonchev–Trinajstić information content (AvgIpc) is 2.99. The molecule has 1 aliphatic rings. The summed E-state index contributed by atoms with van der Waals surface area (Å²) in [4.78, 5) is 25.9. The zero-order valence-electron chi connectivity index (χ0n) is 13.3. The van der Waals surface area contributed by atoms with Crippen LogP contribution >= 0.6 is 0 Å². The Morgan fingerprint density at radius 1 is 1.26 bits per heavy atom. The van der Waals surface area contributed by atoms with E-state index in [9.17, 15) is 9.59 Å². The molecule has 6 heteroatoms. The summed E-state index contributed by atoms with van der Waals surface area (Å²) in [5.41, 5.74) is 0.955. The molecule has 0 saturated carbocycles. The van der Waals surface area contributed by atoms with Crippen molar-refractivity contribution in [3.05, 3.63) is 47.9 Å². The van der Waals surface area contributed by atoms with Gasteiger partial charge in [0, 0.05) is 0 Å². The van der Waals surface area contributed by atoms with Crippen molar-refractivity contribution >= 4 is 23.3 Å². The molecule has 1 amide bonds. The maximum Gasteiger partial charge on any atom is 0.373 e. The number of anilines is 2. The van der Waals surface area contributed by atoms with E-state index in [1.807, 2.05) is 38.1 Å². The molecular weight excluding hydrogens is 296 g/mol. The van der Waals surface area contributed by atoms with E-state index in [1.165, 1.54) is 7.11 Å². The van der Waals surface area contributed by atoms with Crippen molar-refractivity contribution in [2.24, 2.45) is 0 Å². The number of hydrogen-bond donors (Lipinski definition) is 1. The number of esters is 1. The minimum Gasteiger partial charge on any atom is -0.463 e. The van der Waals surface area contributed by atoms with Gasteiger partial charge in [-0.05, 0) is 38.1 Å². The Balaban J connectivity index is 1.93. The van der Waals surface area contributed by atoms with Gasteiger partial charge in [-0.25, -0.2) is 4.79 Å². The molecule has 0 saturated heterocycles. The summed E-state index contributed by atoms with van der Waals surface area (Å²) in [7, 11) is 1.29. The number of hydrogen-bond acceptors (Lipinski definition) is 5. The highest BCUT2D eigenvalue weighted by Crippen LogP contribution is 2.36. The third-order valence-electron chi connectivity index (χ3n) is 3.78.